The Morgan fingerprint density at radius 3 is 2.38 bits per heavy atom. The molecule has 0 atom stereocenters. The molecule has 5 rings (SSSR count). The Morgan fingerprint density at radius 2 is 1.65 bits per heavy atom. The maximum atomic E-state index is 6.20. The topological polar surface area (TPSA) is 59.5 Å². The molecule has 174 valence electrons. The fourth-order valence-electron chi connectivity index (χ4n) is 4.39. The van der Waals surface area contributed by atoms with E-state index in [1.165, 1.54) is 11.1 Å². The van der Waals surface area contributed by atoms with Crippen LogP contribution in [0.5, 0.6) is 11.5 Å². The summed E-state index contributed by atoms with van der Waals surface area (Å²) < 4.78 is 11.9. The van der Waals surface area contributed by atoms with Crippen molar-refractivity contribution >= 4 is 22.4 Å². The fourth-order valence-corrected chi connectivity index (χ4v) is 4.39. The lowest BCUT2D eigenvalue weighted by atomic mass is 9.98. The largest absolute Gasteiger partial charge is 0.493 e. The molecular weight excluding hydrogens is 424 g/mol. The second-order valence-corrected chi connectivity index (χ2v) is 8.87. The standard InChI is InChI=1S/C28H30N4O2/c1-32-14-12-20(13-15-32)18-34-27-17-25-24(16-26(27)33-2)28(30-19-29-25)31-23-10-8-22(9-11-23)21-6-4-3-5-7-21/h3-11,16-17,19-20H,12-15,18H2,1-2H3,(H,29,30,31). The zero-order valence-electron chi connectivity index (χ0n) is 19.7. The molecular formula is C28H30N4O2. The Morgan fingerprint density at radius 1 is 0.912 bits per heavy atom. The Bertz CT molecular complexity index is 1240. The SMILES string of the molecule is COc1cc2c(Nc3ccc(-c4ccccc4)cc3)ncnc2cc1OCC1CCN(C)CC1. The van der Waals surface area contributed by atoms with Crippen molar-refractivity contribution in [3.05, 3.63) is 73.1 Å². The van der Waals surface area contributed by atoms with E-state index in [9.17, 15) is 0 Å². The number of likely N-dealkylation sites (tertiary alicyclic amines) is 1. The normalized spacial score (nSPS) is 14.8. The third-order valence-electron chi connectivity index (χ3n) is 6.49. The molecule has 1 aliphatic rings. The molecule has 0 aliphatic carbocycles. The van der Waals surface area contributed by atoms with Gasteiger partial charge in [-0.2, -0.15) is 0 Å². The van der Waals surface area contributed by atoms with Crippen molar-refractivity contribution in [3.8, 4) is 22.6 Å². The van der Waals surface area contributed by atoms with Crippen LogP contribution in [0.3, 0.4) is 0 Å². The molecule has 6 heteroatoms. The molecule has 4 aromatic rings. The Labute approximate surface area is 200 Å². The van der Waals surface area contributed by atoms with E-state index in [1.54, 1.807) is 13.4 Å². The van der Waals surface area contributed by atoms with Gasteiger partial charge in [0.2, 0.25) is 0 Å². The van der Waals surface area contributed by atoms with Gasteiger partial charge in [-0.15, -0.1) is 0 Å². The van der Waals surface area contributed by atoms with Gasteiger partial charge in [0.05, 0.1) is 19.2 Å². The van der Waals surface area contributed by atoms with Gasteiger partial charge in [0.15, 0.2) is 11.5 Å². The van der Waals surface area contributed by atoms with E-state index in [2.05, 4.69) is 63.6 Å². The molecule has 0 radical (unpaired) electrons. The lowest BCUT2D eigenvalue weighted by molar-refractivity contribution is 0.157. The van der Waals surface area contributed by atoms with E-state index >= 15 is 0 Å². The predicted molar refractivity (Wildman–Crippen MR) is 137 cm³/mol. The van der Waals surface area contributed by atoms with Crippen LogP contribution in [0.2, 0.25) is 0 Å². The van der Waals surface area contributed by atoms with Gasteiger partial charge >= 0.3 is 0 Å². The summed E-state index contributed by atoms with van der Waals surface area (Å²) in [4.78, 5) is 11.3. The first-order valence-electron chi connectivity index (χ1n) is 11.8. The van der Waals surface area contributed by atoms with Gasteiger partial charge in [-0.1, -0.05) is 42.5 Å². The van der Waals surface area contributed by atoms with Crippen molar-refractivity contribution in [1.29, 1.82) is 0 Å². The molecule has 1 saturated heterocycles. The van der Waals surface area contributed by atoms with E-state index in [0.717, 1.165) is 54.1 Å². The molecule has 0 saturated carbocycles. The van der Waals surface area contributed by atoms with Crippen molar-refractivity contribution in [2.45, 2.75) is 12.8 Å². The van der Waals surface area contributed by atoms with Crippen molar-refractivity contribution in [2.24, 2.45) is 5.92 Å². The summed E-state index contributed by atoms with van der Waals surface area (Å²) in [6.07, 6.45) is 3.90. The highest BCUT2D eigenvalue weighted by Crippen LogP contribution is 2.35. The molecule has 34 heavy (non-hydrogen) atoms. The number of nitrogens with one attached hydrogen (secondary N) is 1. The van der Waals surface area contributed by atoms with Gasteiger partial charge in [-0.3, -0.25) is 0 Å². The number of rotatable bonds is 7. The highest BCUT2D eigenvalue weighted by molar-refractivity contribution is 5.93. The Kier molecular flexibility index (Phi) is 6.58. The van der Waals surface area contributed by atoms with Crippen molar-refractivity contribution in [3.63, 3.8) is 0 Å². The highest BCUT2D eigenvalue weighted by atomic mass is 16.5. The lowest BCUT2D eigenvalue weighted by Crippen LogP contribution is -2.32. The number of fused-ring (bicyclic) bond motifs is 1. The zero-order chi connectivity index (χ0) is 23.3. The molecule has 1 fully saturated rings. The first-order chi connectivity index (χ1) is 16.7. The monoisotopic (exact) mass is 454 g/mol. The molecule has 0 amide bonds. The maximum absolute atomic E-state index is 6.20. The van der Waals surface area contributed by atoms with Gasteiger partial charge in [-0.25, -0.2) is 9.97 Å². The highest BCUT2D eigenvalue weighted by Gasteiger charge is 2.19. The predicted octanol–water partition coefficient (Wildman–Crippen LogP) is 5.77. The second-order valence-electron chi connectivity index (χ2n) is 8.87. The summed E-state index contributed by atoms with van der Waals surface area (Å²) in [5.74, 6) is 2.72. The lowest BCUT2D eigenvalue weighted by Gasteiger charge is -2.28. The van der Waals surface area contributed by atoms with E-state index in [0.29, 0.717) is 18.3 Å². The second kappa shape index (κ2) is 10.1. The Balaban J connectivity index is 1.35. The minimum atomic E-state index is 0.568. The number of hydrogen-bond donors (Lipinski definition) is 1. The number of benzene rings is 3. The van der Waals surface area contributed by atoms with Crippen LogP contribution in [0.25, 0.3) is 22.0 Å². The third-order valence-corrected chi connectivity index (χ3v) is 6.49. The number of hydrogen-bond acceptors (Lipinski definition) is 6. The van der Waals surface area contributed by atoms with Crippen LogP contribution in [0, 0.1) is 5.92 Å². The number of aromatic nitrogens is 2. The number of piperidine rings is 1. The van der Waals surface area contributed by atoms with Gasteiger partial charge in [0.1, 0.15) is 12.1 Å². The number of methoxy groups -OCH3 is 1. The zero-order valence-corrected chi connectivity index (χ0v) is 19.7. The van der Waals surface area contributed by atoms with E-state index in [-0.39, 0.29) is 0 Å². The van der Waals surface area contributed by atoms with Gasteiger partial charge in [0, 0.05) is 17.1 Å². The maximum Gasteiger partial charge on any atom is 0.163 e. The first-order valence-corrected chi connectivity index (χ1v) is 11.8. The summed E-state index contributed by atoms with van der Waals surface area (Å²) >= 11 is 0. The third kappa shape index (κ3) is 4.97. The van der Waals surface area contributed by atoms with Crippen LogP contribution in [0.1, 0.15) is 12.8 Å². The average Bonchev–Trinajstić information content (AvgIpc) is 2.89. The van der Waals surface area contributed by atoms with Gasteiger partial charge in [0.25, 0.3) is 0 Å². The molecule has 1 N–H and O–H groups in total. The number of anilines is 2. The van der Waals surface area contributed by atoms with Crippen LogP contribution >= 0.6 is 0 Å². The van der Waals surface area contributed by atoms with Crippen LogP contribution < -0.4 is 14.8 Å². The molecule has 1 aromatic heterocycles. The molecule has 6 nitrogen and oxygen atoms in total. The number of ether oxygens (including phenoxy) is 2. The fraction of sp³-hybridized carbons (Fsp3) is 0.286. The van der Waals surface area contributed by atoms with Gasteiger partial charge < -0.3 is 19.7 Å². The Hall–Kier alpha value is -3.64. The van der Waals surface area contributed by atoms with Crippen LogP contribution in [0.4, 0.5) is 11.5 Å². The van der Waals surface area contributed by atoms with E-state index in [4.69, 9.17) is 9.47 Å². The minimum Gasteiger partial charge on any atom is -0.493 e. The molecule has 0 unspecified atom stereocenters. The van der Waals surface area contributed by atoms with Crippen LogP contribution in [-0.2, 0) is 0 Å². The van der Waals surface area contributed by atoms with Crippen LogP contribution in [0.15, 0.2) is 73.1 Å². The molecule has 3 aromatic carbocycles. The van der Waals surface area contributed by atoms with Crippen molar-refractivity contribution in [2.75, 3.05) is 39.2 Å². The summed E-state index contributed by atoms with van der Waals surface area (Å²) in [6.45, 7) is 2.94. The van der Waals surface area contributed by atoms with Crippen molar-refractivity contribution in [1.82, 2.24) is 14.9 Å². The summed E-state index contributed by atoms with van der Waals surface area (Å²) in [5, 5.41) is 4.32. The van der Waals surface area contributed by atoms with Crippen LogP contribution in [-0.4, -0.2) is 48.7 Å². The van der Waals surface area contributed by atoms with Gasteiger partial charge in [-0.05, 0) is 68.2 Å². The smallest absolute Gasteiger partial charge is 0.163 e. The summed E-state index contributed by atoms with van der Waals surface area (Å²) in [6, 6.07) is 22.6. The molecule has 0 bridgehead atoms. The molecule has 1 aliphatic heterocycles. The molecule has 2 heterocycles. The van der Waals surface area contributed by atoms with E-state index in [1.807, 2.05) is 30.3 Å². The average molecular weight is 455 g/mol. The minimum absolute atomic E-state index is 0.568. The summed E-state index contributed by atoms with van der Waals surface area (Å²) in [7, 11) is 3.84. The van der Waals surface area contributed by atoms with E-state index < -0.39 is 0 Å². The summed E-state index contributed by atoms with van der Waals surface area (Å²) in [5.41, 5.74) is 4.14. The molecule has 0 spiro atoms. The first kappa shape index (κ1) is 22.2. The quantitative estimate of drug-likeness (QED) is 0.383. The van der Waals surface area contributed by atoms with Crippen molar-refractivity contribution < 1.29 is 9.47 Å². The number of nitrogens with zero attached hydrogens (tertiary/aromatic N) is 3.